The van der Waals surface area contributed by atoms with Gasteiger partial charge in [-0.05, 0) is 89.9 Å². The molecule has 0 aromatic carbocycles. The van der Waals surface area contributed by atoms with Crippen LogP contribution in [-0.4, -0.2) is 110 Å². The van der Waals surface area contributed by atoms with E-state index in [0.29, 0.717) is 19.3 Å². The molecule has 9 atom stereocenters. The second-order valence-electron chi connectivity index (χ2n) is 22.1. The summed E-state index contributed by atoms with van der Waals surface area (Å²) in [6.07, 6.45) is 56.0. The van der Waals surface area contributed by atoms with Crippen molar-refractivity contribution in [3.63, 3.8) is 0 Å². The number of nitrogens with one attached hydrogen (secondary N) is 1. The van der Waals surface area contributed by atoms with Gasteiger partial charge in [-0.2, -0.15) is 0 Å². The molecule has 0 spiro atoms. The van der Waals surface area contributed by atoms with Crippen molar-refractivity contribution in [3.8, 4) is 0 Å². The van der Waals surface area contributed by atoms with Crippen molar-refractivity contribution >= 4 is 5.91 Å². The fraction of sp³-hybridized carbons (Fsp3) is 0.859. The normalized spacial score (nSPS) is 20.0. The predicted molar refractivity (Wildman–Crippen MR) is 311 cm³/mol. The molecule has 1 fully saturated rings. The van der Waals surface area contributed by atoms with Crippen LogP contribution in [0.4, 0.5) is 0 Å². The fourth-order valence-corrected chi connectivity index (χ4v) is 9.94. The van der Waals surface area contributed by atoms with Gasteiger partial charge < -0.3 is 50.5 Å². The van der Waals surface area contributed by atoms with Gasteiger partial charge in [-0.25, -0.2) is 0 Å². The number of carbonyl (C=O) groups is 1. The van der Waals surface area contributed by atoms with Crippen molar-refractivity contribution in [2.45, 2.75) is 339 Å². The molecule has 0 aromatic heterocycles. The van der Waals surface area contributed by atoms with Crippen molar-refractivity contribution in [1.82, 2.24) is 5.32 Å². The molecule has 0 bridgehead atoms. The van der Waals surface area contributed by atoms with E-state index < -0.39 is 74.2 Å². The van der Waals surface area contributed by atoms with Crippen molar-refractivity contribution in [3.05, 3.63) is 48.6 Å². The number of unbranched alkanes of at least 4 members (excludes halogenated alkanes) is 34. The first kappa shape index (κ1) is 71.1. The Morgan fingerprint density at radius 1 is 0.453 bits per heavy atom. The van der Waals surface area contributed by atoms with Gasteiger partial charge in [0.1, 0.15) is 36.6 Å². The summed E-state index contributed by atoms with van der Waals surface area (Å²) in [7, 11) is 0. The summed E-state index contributed by atoms with van der Waals surface area (Å²) in [5.41, 5.74) is 0. The van der Waals surface area contributed by atoms with E-state index in [1.165, 1.54) is 193 Å². The van der Waals surface area contributed by atoms with Crippen LogP contribution in [0.2, 0.25) is 0 Å². The van der Waals surface area contributed by atoms with Crippen LogP contribution in [0.5, 0.6) is 0 Å². The number of allylic oxidation sites excluding steroid dienone is 8. The molecule has 1 heterocycles. The zero-order valence-electron chi connectivity index (χ0n) is 48.3. The molecule has 440 valence electrons. The van der Waals surface area contributed by atoms with Gasteiger partial charge in [0.2, 0.25) is 5.91 Å². The topological polar surface area (TPSA) is 189 Å². The average molecular weight is 1060 g/mol. The van der Waals surface area contributed by atoms with Crippen LogP contribution in [0.1, 0.15) is 284 Å². The summed E-state index contributed by atoms with van der Waals surface area (Å²) in [5, 5.41) is 76.2. The van der Waals surface area contributed by atoms with Crippen LogP contribution < -0.4 is 5.32 Å². The maximum absolute atomic E-state index is 13.2. The molecule has 1 aliphatic heterocycles. The van der Waals surface area contributed by atoms with Crippen LogP contribution in [0.15, 0.2) is 48.6 Å². The Hall–Kier alpha value is -1.93. The van der Waals surface area contributed by atoms with Crippen molar-refractivity contribution < 1.29 is 50.0 Å². The maximum atomic E-state index is 13.2. The van der Waals surface area contributed by atoms with Gasteiger partial charge in [-0.15, -0.1) is 0 Å². The van der Waals surface area contributed by atoms with Crippen LogP contribution in [0, 0.1) is 0 Å². The molecule has 8 N–H and O–H groups in total. The highest BCUT2D eigenvalue weighted by Gasteiger charge is 2.44. The molecule has 1 saturated heterocycles. The Labute approximate surface area is 459 Å². The molecule has 1 amide bonds. The molecular formula is C64H119NO10. The standard InChI is InChI=1S/C64H119NO10/c1-3-5-7-9-11-13-15-17-19-21-23-25-27-28-29-30-32-34-36-38-40-42-44-46-48-50-52-57(68)63(73)65-55(54-74-64-62(72)61(71)60(70)58(53-66)75-64)59(69)56(67)51-49-47-45-43-41-39-37-35-33-31-26-24-22-20-18-16-14-12-10-8-6-4-2/h24,26,28-29,35,37,43,45,55-62,64,66-72H,3-23,25,27,30-34,36,38-42,44,46-54H2,1-2H3,(H,65,73)/b26-24+,29-28-,37-35+,45-43+. The van der Waals surface area contributed by atoms with E-state index in [-0.39, 0.29) is 12.8 Å². The van der Waals surface area contributed by atoms with Gasteiger partial charge in [0.25, 0.3) is 0 Å². The smallest absolute Gasteiger partial charge is 0.249 e. The monoisotopic (exact) mass is 1060 g/mol. The van der Waals surface area contributed by atoms with Gasteiger partial charge in [0.05, 0.1) is 25.4 Å². The van der Waals surface area contributed by atoms with E-state index in [1.54, 1.807) is 0 Å². The quantitative estimate of drug-likeness (QED) is 0.0215. The summed E-state index contributed by atoms with van der Waals surface area (Å²) in [6, 6.07) is -1.20. The lowest BCUT2D eigenvalue weighted by Crippen LogP contribution is -2.60. The number of aliphatic hydroxyl groups is 7. The number of amides is 1. The zero-order valence-corrected chi connectivity index (χ0v) is 48.3. The first-order chi connectivity index (χ1) is 36.7. The third-order valence-electron chi connectivity index (χ3n) is 15.1. The predicted octanol–water partition coefficient (Wildman–Crippen LogP) is 14.0. The Morgan fingerprint density at radius 2 is 0.800 bits per heavy atom. The number of rotatable bonds is 54. The third kappa shape index (κ3) is 40.9. The number of aliphatic hydroxyl groups excluding tert-OH is 7. The zero-order chi connectivity index (χ0) is 54.7. The highest BCUT2D eigenvalue weighted by Crippen LogP contribution is 2.23. The van der Waals surface area contributed by atoms with E-state index in [1.807, 2.05) is 0 Å². The van der Waals surface area contributed by atoms with E-state index in [4.69, 9.17) is 9.47 Å². The van der Waals surface area contributed by atoms with Crippen LogP contribution in [0.25, 0.3) is 0 Å². The molecule has 1 rings (SSSR count). The second-order valence-corrected chi connectivity index (χ2v) is 22.1. The molecule has 9 unspecified atom stereocenters. The largest absolute Gasteiger partial charge is 0.394 e. The summed E-state index contributed by atoms with van der Waals surface area (Å²) in [4.78, 5) is 13.2. The highest BCUT2D eigenvalue weighted by atomic mass is 16.7. The number of hydrogen-bond donors (Lipinski definition) is 8. The summed E-state index contributed by atoms with van der Waals surface area (Å²) in [5.74, 6) is -0.712. The first-order valence-electron chi connectivity index (χ1n) is 31.5. The Morgan fingerprint density at radius 3 is 1.19 bits per heavy atom. The number of carbonyl (C=O) groups excluding carboxylic acids is 1. The third-order valence-corrected chi connectivity index (χ3v) is 15.1. The average Bonchev–Trinajstić information content (AvgIpc) is 3.41. The molecule has 0 saturated carbocycles. The Balaban J connectivity index is 2.30. The van der Waals surface area contributed by atoms with E-state index in [2.05, 4.69) is 67.8 Å². The van der Waals surface area contributed by atoms with Gasteiger partial charge in [-0.3, -0.25) is 4.79 Å². The van der Waals surface area contributed by atoms with Gasteiger partial charge in [0, 0.05) is 0 Å². The minimum atomic E-state index is -1.67. The molecule has 1 aliphatic rings. The van der Waals surface area contributed by atoms with Crippen molar-refractivity contribution in [2.24, 2.45) is 0 Å². The summed E-state index contributed by atoms with van der Waals surface area (Å²) >= 11 is 0. The second kappa shape index (κ2) is 52.8. The number of hydrogen-bond acceptors (Lipinski definition) is 10. The minimum absolute atomic E-state index is 0.240. The van der Waals surface area contributed by atoms with Gasteiger partial charge in [0.15, 0.2) is 6.29 Å². The van der Waals surface area contributed by atoms with E-state index >= 15 is 0 Å². The lowest BCUT2D eigenvalue weighted by atomic mass is 9.98. The molecule has 0 aromatic rings. The highest BCUT2D eigenvalue weighted by molar-refractivity contribution is 5.80. The van der Waals surface area contributed by atoms with Crippen molar-refractivity contribution in [1.29, 1.82) is 0 Å². The maximum Gasteiger partial charge on any atom is 0.249 e. The molecule has 75 heavy (non-hydrogen) atoms. The van der Waals surface area contributed by atoms with E-state index in [9.17, 15) is 40.5 Å². The molecule has 11 nitrogen and oxygen atoms in total. The SMILES string of the molecule is CCCCCCCCCCC/C=C/CC/C=C/CC/C=C/CCCC(O)C(O)C(COC1OC(CO)C(O)C(O)C1O)NC(=O)C(O)CCCCCCCCCCCC/C=C\CCCCCCCCCCCCCC. The summed E-state index contributed by atoms with van der Waals surface area (Å²) in [6.45, 7) is 3.46. The lowest BCUT2D eigenvalue weighted by Gasteiger charge is -2.40. The fourth-order valence-electron chi connectivity index (χ4n) is 9.94. The number of ether oxygens (including phenoxy) is 2. The van der Waals surface area contributed by atoms with Crippen molar-refractivity contribution in [2.75, 3.05) is 13.2 Å². The first-order valence-corrected chi connectivity index (χ1v) is 31.5. The lowest BCUT2D eigenvalue weighted by molar-refractivity contribution is -0.303. The van der Waals surface area contributed by atoms with Crippen LogP contribution in [0.3, 0.4) is 0 Å². The molecule has 11 heteroatoms. The van der Waals surface area contributed by atoms with Crippen LogP contribution >= 0.6 is 0 Å². The molecular weight excluding hydrogens is 943 g/mol. The molecule has 0 radical (unpaired) electrons. The van der Waals surface area contributed by atoms with Crippen LogP contribution in [-0.2, 0) is 14.3 Å². The minimum Gasteiger partial charge on any atom is -0.394 e. The summed E-state index contributed by atoms with van der Waals surface area (Å²) < 4.78 is 11.1. The van der Waals surface area contributed by atoms with E-state index in [0.717, 1.165) is 44.9 Å². The Kier molecular flexibility index (Phi) is 50.0. The molecule has 0 aliphatic carbocycles. The van der Waals surface area contributed by atoms with Gasteiger partial charge >= 0.3 is 0 Å². The van der Waals surface area contributed by atoms with Gasteiger partial charge in [-0.1, -0.05) is 242 Å². The Bertz CT molecular complexity index is 1360.